The number of amides is 1. The second-order valence-electron chi connectivity index (χ2n) is 4.56. The number of nitrogens with zero attached hydrogens (tertiary/aromatic N) is 2. The minimum absolute atomic E-state index is 0.0233. The molecule has 22 heavy (non-hydrogen) atoms. The van der Waals surface area contributed by atoms with E-state index in [2.05, 4.69) is 9.84 Å². The van der Waals surface area contributed by atoms with Crippen molar-refractivity contribution in [3.05, 3.63) is 29.8 Å². The molecule has 1 amide bonds. The zero-order valence-electron chi connectivity index (χ0n) is 11.8. The Balaban J connectivity index is 1.88. The predicted molar refractivity (Wildman–Crippen MR) is 72.3 cm³/mol. The fourth-order valence-corrected chi connectivity index (χ4v) is 1.82. The number of rotatable bonds is 5. The zero-order chi connectivity index (χ0) is 16.1. The minimum atomic E-state index is -2.88. The number of hydrogen-bond acceptors (Lipinski definition) is 5. The summed E-state index contributed by atoms with van der Waals surface area (Å²) in [6, 6.07) is 5.76. The maximum absolute atomic E-state index is 12.0. The molecule has 1 aliphatic heterocycles. The molecule has 6 nitrogen and oxygen atoms in total. The molecule has 0 unspecified atom stereocenters. The molecule has 8 heteroatoms. The molecule has 1 aliphatic rings. The number of ether oxygens (including phenoxy) is 2. The van der Waals surface area contributed by atoms with E-state index in [1.807, 2.05) is 0 Å². The lowest BCUT2D eigenvalue weighted by atomic mass is 10.2. The Morgan fingerprint density at radius 3 is 2.59 bits per heavy atom. The van der Waals surface area contributed by atoms with Gasteiger partial charge in [-0.3, -0.25) is 4.79 Å². The third-order valence-electron chi connectivity index (χ3n) is 2.96. The highest BCUT2D eigenvalue weighted by Crippen LogP contribution is 2.16. The maximum Gasteiger partial charge on any atom is 0.387 e. The summed E-state index contributed by atoms with van der Waals surface area (Å²) >= 11 is 0. The first kappa shape index (κ1) is 15.9. The average molecular weight is 312 g/mol. The summed E-state index contributed by atoms with van der Waals surface area (Å²) in [6.45, 7) is -2.91. The Hall–Kier alpha value is -2.51. The van der Waals surface area contributed by atoms with Crippen LogP contribution < -0.4 is 4.74 Å². The molecule has 1 heterocycles. The SMILES string of the molecule is CN1N=C(C(=O)OCc2ccc(OC(F)F)cc2)CCC1=O. The first-order chi connectivity index (χ1) is 10.5. The van der Waals surface area contributed by atoms with Gasteiger partial charge in [0.25, 0.3) is 0 Å². The number of carbonyl (C=O) groups is 2. The summed E-state index contributed by atoms with van der Waals surface area (Å²) in [5.41, 5.74) is 0.801. The van der Waals surface area contributed by atoms with E-state index in [4.69, 9.17) is 4.74 Å². The molecule has 0 atom stereocenters. The second kappa shape index (κ2) is 6.97. The molecule has 1 aromatic carbocycles. The number of carbonyl (C=O) groups excluding carboxylic acids is 2. The van der Waals surface area contributed by atoms with Gasteiger partial charge in [0.2, 0.25) is 5.91 Å². The fourth-order valence-electron chi connectivity index (χ4n) is 1.82. The summed E-state index contributed by atoms with van der Waals surface area (Å²) < 4.78 is 33.3. The molecule has 0 spiro atoms. The van der Waals surface area contributed by atoms with Gasteiger partial charge in [-0.05, 0) is 17.7 Å². The molecule has 0 saturated heterocycles. The zero-order valence-corrected chi connectivity index (χ0v) is 11.8. The van der Waals surface area contributed by atoms with Crippen molar-refractivity contribution in [3.63, 3.8) is 0 Å². The van der Waals surface area contributed by atoms with Crippen LogP contribution in [-0.4, -0.2) is 36.3 Å². The molecular formula is C14H14F2N2O4. The topological polar surface area (TPSA) is 68.2 Å². The van der Waals surface area contributed by atoms with Crippen LogP contribution in [0.1, 0.15) is 18.4 Å². The Morgan fingerprint density at radius 2 is 2.00 bits per heavy atom. The third-order valence-corrected chi connectivity index (χ3v) is 2.96. The van der Waals surface area contributed by atoms with Crippen molar-refractivity contribution in [1.82, 2.24) is 5.01 Å². The summed E-state index contributed by atoms with van der Waals surface area (Å²) in [5, 5.41) is 4.95. The van der Waals surface area contributed by atoms with Crippen LogP contribution in [0.3, 0.4) is 0 Å². The number of halogens is 2. The number of benzene rings is 1. The van der Waals surface area contributed by atoms with Crippen molar-refractivity contribution >= 4 is 17.6 Å². The fraction of sp³-hybridized carbons (Fsp3) is 0.357. The molecule has 0 saturated carbocycles. The van der Waals surface area contributed by atoms with Gasteiger partial charge < -0.3 is 9.47 Å². The first-order valence-electron chi connectivity index (χ1n) is 6.50. The molecule has 0 radical (unpaired) electrons. The van der Waals surface area contributed by atoms with Crippen molar-refractivity contribution in [2.24, 2.45) is 5.10 Å². The summed E-state index contributed by atoms with van der Waals surface area (Å²) in [5.74, 6) is -0.736. The summed E-state index contributed by atoms with van der Waals surface area (Å²) in [7, 11) is 1.47. The van der Waals surface area contributed by atoms with E-state index < -0.39 is 12.6 Å². The van der Waals surface area contributed by atoms with Crippen LogP contribution in [0.5, 0.6) is 5.75 Å². The van der Waals surface area contributed by atoms with Gasteiger partial charge in [0, 0.05) is 19.9 Å². The van der Waals surface area contributed by atoms with Crippen molar-refractivity contribution in [2.75, 3.05) is 7.05 Å². The van der Waals surface area contributed by atoms with Gasteiger partial charge in [0.05, 0.1) is 0 Å². The Labute approximate surface area is 125 Å². The molecule has 118 valence electrons. The lowest BCUT2D eigenvalue weighted by Gasteiger charge is -2.18. The standard InChI is InChI=1S/C14H14F2N2O4/c1-18-12(19)7-6-11(17-18)13(20)21-8-9-2-4-10(5-3-9)22-14(15)16/h2-5,14H,6-8H2,1H3. The number of hydrazone groups is 1. The molecule has 0 N–H and O–H groups in total. The van der Waals surface area contributed by atoms with Crippen LogP contribution in [0, 0.1) is 0 Å². The van der Waals surface area contributed by atoms with Crippen LogP contribution in [0.4, 0.5) is 8.78 Å². The first-order valence-corrected chi connectivity index (χ1v) is 6.50. The van der Waals surface area contributed by atoms with Gasteiger partial charge >= 0.3 is 12.6 Å². The Kier molecular flexibility index (Phi) is 5.03. The number of hydrogen-bond donors (Lipinski definition) is 0. The second-order valence-corrected chi connectivity index (χ2v) is 4.56. The smallest absolute Gasteiger partial charge is 0.387 e. The van der Waals surface area contributed by atoms with Gasteiger partial charge in [0.15, 0.2) is 0 Å². The van der Waals surface area contributed by atoms with Crippen LogP contribution in [-0.2, 0) is 20.9 Å². The Morgan fingerprint density at radius 1 is 1.32 bits per heavy atom. The average Bonchev–Trinajstić information content (AvgIpc) is 2.48. The predicted octanol–water partition coefficient (Wildman–Crippen LogP) is 1.94. The maximum atomic E-state index is 12.0. The van der Waals surface area contributed by atoms with Crippen molar-refractivity contribution in [1.29, 1.82) is 0 Å². The third kappa shape index (κ3) is 4.24. The minimum Gasteiger partial charge on any atom is -0.456 e. The van der Waals surface area contributed by atoms with Crippen LogP contribution in [0.15, 0.2) is 29.4 Å². The molecule has 0 fully saturated rings. The highest BCUT2D eigenvalue weighted by molar-refractivity contribution is 6.37. The lowest BCUT2D eigenvalue weighted by molar-refractivity contribution is -0.137. The van der Waals surface area contributed by atoms with E-state index in [-0.39, 0.29) is 36.8 Å². The quantitative estimate of drug-likeness (QED) is 0.779. The van der Waals surface area contributed by atoms with Gasteiger partial charge in [-0.2, -0.15) is 13.9 Å². The molecule has 0 bridgehead atoms. The van der Waals surface area contributed by atoms with Crippen molar-refractivity contribution < 1.29 is 27.8 Å². The van der Waals surface area contributed by atoms with Gasteiger partial charge in [0.1, 0.15) is 18.1 Å². The lowest BCUT2D eigenvalue weighted by Crippen LogP contribution is -2.32. The van der Waals surface area contributed by atoms with Crippen LogP contribution in [0.25, 0.3) is 0 Å². The van der Waals surface area contributed by atoms with E-state index in [1.165, 1.54) is 31.3 Å². The van der Waals surface area contributed by atoms with E-state index in [0.717, 1.165) is 5.01 Å². The van der Waals surface area contributed by atoms with Gasteiger partial charge in [-0.1, -0.05) is 12.1 Å². The molecule has 1 aromatic rings. The normalized spacial score (nSPS) is 14.8. The number of esters is 1. The monoisotopic (exact) mass is 312 g/mol. The largest absolute Gasteiger partial charge is 0.456 e. The van der Waals surface area contributed by atoms with Crippen molar-refractivity contribution in [2.45, 2.75) is 26.1 Å². The molecule has 2 rings (SSSR count). The van der Waals surface area contributed by atoms with E-state index in [1.54, 1.807) is 0 Å². The van der Waals surface area contributed by atoms with Gasteiger partial charge in [-0.25, -0.2) is 9.80 Å². The summed E-state index contributed by atoms with van der Waals surface area (Å²) in [6.07, 6.45) is 0.452. The van der Waals surface area contributed by atoms with Crippen LogP contribution >= 0.6 is 0 Å². The van der Waals surface area contributed by atoms with E-state index >= 15 is 0 Å². The summed E-state index contributed by atoms with van der Waals surface area (Å²) in [4.78, 5) is 23.1. The van der Waals surface area contributed by atoms with E-state index in [9.17, 15) is 18.4 Å². The van der Waals surface area contributed by atoms with E-state index in [0.29, 0.717) is 5.56 Å². The van der Waals surface area contributed by atoms with Crippen LogP contribution in [0.2, 0.25) is 0 Å². The highest BCUT2D eigenvalue weighted by atomic mass is 19.3. The molecule has 0 aromatic heterocycles. The highest BCUT2D eigenvalue weighted by Gasteiger charge is 2.23. The molecular weight excluding hydrogens is 298 g/mol. The molecule has 0 aliphatic carbocycles. The Bertz CT molecular complexity index is 587. The van der Waals surface area contributed by atoms with Crippen molar-refractivity contribution in [3.8, 4) is 5.75 Å². The van der Waals surface area contributed by atoms with Gasteiger partial charge in [-0.15, -0.1) is 0 Å². The number of alkyl halides is 2.